The minimum Gasteiger partial charge on any atom is -0.491 e. The second kappa shape index (κ2) is 6.38. The van der Waals surface area contributed by atoms with E-state index >= 15 is 0 Å². The summed E-state index contributed by atoms with van der Waals surface area (Å²) < 4.78 is 5.29. The van der Waals surface area contributed by atoms with Gasteiger partial charge in [0.1, 0.15) is 0 Å². The lowest BCUT2D eigenvalue weighted by Crippen LogP contribution is -2.36. The first-order valence-corrected chi connectivity index (χ1v) is 7.61. The predicted molar refractivity (Wildman–Crippen MR) is 82.4 cm³/mol. The van der Waals surface area contributed by atoms with Crippen LogP contribution in [-0.4, -0.2) is 36.4 Å². The lowest BCUT2D eigenvalue weighted by molar-refractivity contribution is 0.122. The van der Waals surface area contributed by atoms with Crippen molar-refractivity contribution in [2.45, 2.75) is 0 Å². The highest BCUT2D eigenvalue weighted by molar-refractivity contribution is 7.19. The summed E-state index contributed by atoms with van der Waals surface area (Å²) in [6, 6.07) is 6.99. The van der Waals surface area contributed by atoms with Gasteiger partial charge in [-0.2, -0.15) is 4.98 Å². The van der Waals surface area contributed by atoms with Crippen LogP contribution in [0.2, 0.25) is 5.02 Å². The van der Waals surface area contributed by atoms with E-state index in [1.807, 2.05) is 0 Å². The van der Waals surface area contributed by atoms with Gasteiger partial charge in [0.15, 0.2) is 5.13 Å². The lowest BCUT2D eigenvalue weighted by atomic mass is 10.3. The number of aromatic hydroxyl groups is 1. The zero-order chi connectivity index (χ0) is 14.7. The molecule has 1 aromatic heterocycles. The maximum absolute atomic E-state index is 9.85. The van der Waals surface area contributed by atoms with E-state index in [-0.39, 0.29) is 5.88 Å². The second-order valence-electron chi connectivity index (χ2n) is 4.40. The number of nitrogens with zero attached hydrogens (tertiary/aromatic N) is 4. The normalized spacial score (nSPS) is 15.8. The molecule has 21 heavy (non-hydrogen) atoms. The molecule has 1 fully saturated rings. The molecule has 0 spiro atoms. The molecule has 8 heteroatoms. The van der Waals surface area contributed by atoms with E-state index < -0.39 is 0 Å². The van der Waals surface area contributed by atoms with Gasteiger partial charge in [-0.05, 0) is 24.3 Å². The summed E-state index contributed by atoms with van der Waals surface area (Å²) in [5.41, 5.74) is 0.667. The molecule has 0 saturated carbocycles. The minimum atomic E-state index is -0.0980. The van der Waals surface area contributed by atoms with Crippen LogP contribution in [0.25, 0.3) is 0 Å². The molecule has 0 atom stereocenters. The second-order valence-corrected chi connectivity index (χ2v) is 5.79. The molecular weight excluding hydrogens is 312 g/mol. The Morgan fingerprint density at radius 3 is 2.62 bits per heavy atom. The summed E-state index contributed by atoms with van der Waals surface area (Å²) in [5, 5.41) is 19.7. The van der Waals surface area contributed by atoms with E-state index in [9.17, 15) is 5.11 Å². The van der Waals surface area contributed by atoms with Crippen LogP contribution in [0.15, 0.2) is 34.5 Å². The highest BCUT2D eigenvalue weighted by Gasteiger charge is 2.18. The van der Waals surface area contributed by atoms with E-state index in [1.54, 1.807) is 24.3 Å². The number of hydrogen-bond donors (Lipinski definition) is 1. The molecule has 2 heterocycles. The van der Waals surface area contributed by atoms with E-state index in [1.165, 1.54) is 11.3 Å². The number of benzene rings is 1. The molecule has 2 aromatic rings. The van der Waals surface area contributed by atoms with Gasteiger partial charge in [0.2, 0.25) is 5.00 Å². The monoisotopic (exact) mass is 324 g/mol. The topological polar surface area (TPSA) is 70.3 Å². The molecule has 0 bridgehead atoms. The zero-order valence-electron chi connectivity index (χ0n) is 11.1. The van der Waals surface area contributed by atoms with Crippen molar-refractivity contribution in [1.82, 2.24) is 4.98 Å². The summed E-state index contributed by atoms with van der Waals surface area (Å²) in [6.07, 6.45) is 0. The minimum absolute atomic E-state index is 0.0980. The molecule has 1 aliphatic rings. The molecule has 3 rings (SSSR count). The molecular formula is C13H13ClN4O2S. The molecule has 1 aromatic carbocycles. The number of azo groups is 1. The third-order valence-corrected chi connectivity index (χ3v) is 4.19. The first-order valence-electron chi connectivity index (χ1n) is 6.42. The van der Waals surface area contributed by atoms with Crippen LogP contribution in [0.5, 0.6) is 5.88 Å². The number of ether oxygens (including phenoxy) is 1. The molecule has 0 radical (unpaired) electrons. The van der Waals surface area contributed by atoms with Gasteiger partial charge in [0.25, 0.3) is 5.88 Å². The molecule has 1 N–H and O–H groups in total. The quantitative estimate of drug-likeness (QED) is 0.873. The molecule has 0 unspecified atom stereocenters. The number of aromatic nitrogens is 1. The van der Waals surface area contributed by atoms with Crippen LogP contribution in [0.3, 0.4) is 0 Å². The van der Waals surface area contributed by atoms with Gasteiger partial charge in [-0.1, -0.05) is 22.9 Å². The highest BCUT2D eigenvalue weighted by Crippen LogP contribution is 2.39. The van der Waals surface area contributed by atoms with Gasteiger partial charge < -0.3 is 14.7 Å². The Hall–Kier alpha value is -1.70. The standard InChI is InChI=1S/C13H13ClN4O2S/c14-9-1-3-10(4-2-9)16-17-12-11(19)15-13(21-12)18-5-7-20-8-6-18/h1-4,19H,5-8H2. The number of hydrogen-bond acceptors (Lipinski definition) is 7. The first-order chi connectivity index (χ1) is 10.2. The van der Waals surface area contributed by atoms with Crippen LogP contribution in [0.1, 0.15) is 0 Å². The maximum atomic E-state index is 9.85. The number of anilines is 1. The number of thiazole rings is 1. The van der Waals surface area contributed by atoms with Gasteiger partial charge in [-0.25, -0.2) is 0 Å². The zero-order valence-corrected chi connectivity index (χ0v) is 12.6. The number of morpholine rings is 1. The van der Waals surface area contributed by atoms with Crippen molar-refractivity contribution in [2.24, 2.45) is 10.2 Å². The summed E-state index contributed by atoms with van der Waals surface area (Å²) in [4.78, 5) is 6.19. The Kier molecular flexibility index (Phi) is 4.33. The average Bonchev–Trinajstić information content (AvgIpc) is 2.89. The van der Waals surface area contributed by atoms with E-state index in [0.717, 1.165) is 18.2 Å². The van der Waals surface area contributed by atoms with Crippen LogP contribution in [-0.2, 0) is 4.74 Å². The van der Waals surface area contributed by atoms with Crippen LogP contribution >= 0.6 is 22.9 Å². The largest absolute Gasteiger partial charge is 0.491 e. The van der Waals surface area contributed by atoms with E-state index in [4.69, 9.17) is 16.3 Å². The van der Waals surface area contributed by atoms with E-state index in [2.05, 4.69) is 20.1 Å². The lowest BCUT2D eigenvalue weighted by Gasteiger charge is -2.25. The average molecular weight is 325 g/mol. The SMILES string of the molecule is Oc1nc(N2CCOCC2)sc1N=Nc1ccc(Cl)cc1. The van der Waals surface area contributed by atoms with Crippen molar-refractivity contribution in [2.75, 3.05) is 31.2 Å². The molecule has 110 valence electrons. The van der Waals surface area contributed by atoms with Crippen molar-refractivity contribution < 1.29 is 9.84 Å². The van der Waals surface area contributed by atoms with Gasteiger partial charge in [0.05, 0.1) is 18.9 Å². The first kappa shape index (κ1) is 14.2. The van der Waals surface area contributed by atoms with Crippen LogP contribution in [0, 0.1) is 0 Å². The fourth-order valence-electron chi connectivity index (χ4n) is 1.86. The maximum Gasteiger partial charge on any atom is 0.252 e. The van der Waals surface area contributed by atoms with Crippen molar-refractivity contribution >= 4 is 38.8 Å². The Bertz CT molecular complexity index is 638. The Morgan fingerprint density at radius 1 is 1.19 bits per heavy atom. The Morgan fingerprint density at radius 2 is 1.90 bits per heavy atom. The number of rotatable bonds is 3. The fraction of sp³-hybridized carbons (Fsp3) is 0.308. The smallest absolute Gasteiger partial charge is 0.252 e. The molecule has 6 nitrogen and oxygen atoms in total. The van der Waals surface area contributed by atoms with Gasteiger partial charge >= 0.3 is 0 Å². The van der Waals surface area contributed by atoms with Crippen molar-refractivity contribution in [3.05, 3.63) is 29.3 Å². The molecule has 1 aliphatic heterocycles. The third kappa shape index (κ3) is 3.49. The van der Waals surface area contributed by atoms with Crippen LogP contribution < -0.4 is 4.90 Å². The Labute approximate surface area is 130 Å². The van der Waals surface area contributed by atoms with E-state index in [0.29, 0.717) is 28.9 Å². The predicted octanol–water partition coefficient (Wildman–Crippen LogP) is 3.75. The Balaban J connectivity index is 1.76. The summed E-state index contributed by atoms with van der Waals surface area (Å²) in [7, 11) is 0. The van der Waals surface area contributed by atoms with Crippen LogP contribution in [0.4, 0.5) is 15.8 Å². The summed E-state index contributed by atoms with van der Waals surface area (Å²) in [6.45, 7) is 2.87. The summed E-state index contributed by atoms with van der Waals surface area (Å²) >= 11 is 7.12. The molecule has 0 amide bonds. The van der Waals surface area contributed by atoms with Crippen molar-refractivity contribution in [3.8, 4) is 5.88 Å². The molecule has 1 saturated heterocycles. The van der Waals surface area contributed by atoms with Gasteiger partial charge in [-0.3, -0.25) is 0 Å². The number of halogens is 1. The van der Waals surface area contributed by atoms with Gasteiger partial charge in [-0.15, -0.1) is 10.2 Å². The molecule has 0 aliphatic carbocycles. The third-order valence-electron chi connectivity index (χ3n) is 2.95. The summed E-state index contributed by atoms with van der Waals surface area (Å²) in [5.74, 6) is -0.0980. The van der Waals surface area contributed by atoms with Crippen molar-refractivity contribution in [1.29, 1.82) is 0 Å². The highest BCUT2D eigenvalue weighted by atomic mass is 35.5. The van der Waals surface area contributed by atoms with Gasteiger partial charge in [0, 0.05) is 18.1 Å². The fourth-order valence-corrected chi connectivity index (χ4v) is 2.82. The van der Waals surface area contributed by atoms with Crippen molar-refractivity contribution in [3.63, 3.8) is 0 Å².